The van der Waals surface area contributed by atoms with Crippen molar-refractivity contribution in [1.82, 2.24) is 0 Å². The van der Waals surface area contributed by atoms with E-state index in [0.717, 1.165) is 44.9 Å². The molecule has 2 aliphatic heterocycles. The van der Waals surface area contributed by atoms with E-state index in [1.165, 1.54) is 38.2 Å². The largest absolute Gasteiger partial charge is 0.383 e. The number of ketones is 1. The van der Waals surface area contributed by atoms with Crippen LogP contribution in [0, 0.1) is 11.8 Å². The smallest absolute Gasteiger partial charge is 0.174 e. The van der Waals surface area contributed by atoms with E-state index >= 15 is 0 Å². The molecular weight excluding hydrogens is 661 g/mol. The Morgan fingerprint density at radius 1 is 0.574 bits per heavy atom. The molecule has 4 nitrogen and oxygen atoms in total. The Hall–Kier alpha value is -6.23. The average molecular weight is 699 g/mol. The fraction of sp³-hybridized carbons (Fsp3) is 0.140. The SMILES string of the molecule is CN1c2cc3c(cc2C(O)c2cccc(C4=Cc5ccccc5C5C=CC=CC45)c21)N(C)C1C(c2cc4ccccc4c4ccccc24)=CC=CC1C3=O. The minimum Gasteiger partial charge on any atom is -0.383 e. The number of anilines is 3. The first-order valence-electron chi connectivity index (χ1n) is 18.9. The van der Waals surface area contributed by atoms with Gasteiger partial charge in [-0.25, -0.2) is 0 Å². The molecule has 6 aromatic rings. The number of fused-ring (bicyclic) bond motifs is 10. The second-order valence-electron chi connectivity index (χ2n) is 15.3. The highest BCUT2D eigenvalue weighted by atomic mass is 16.3. The van der Waals surface area contributed by atoms with Crippen molar-refractivity contribution in [3.05, 3.63) is 191 Å². The number of carbonyl (C=O) groups excluding carboxylic acids is 1. The summed E-state index contributed by atoms with van der Waals surface area (Å²) in [4.78, 5) is 19.2. The first-order chi connectivity index (χ1) is 26.5. The Morgan fingerprint density at radius 3 is 2.17 bits per heavy atom. The molecule has 4 heteroatoms. The highest BCUT2D eigenvalue weighted by molar-refractivity contribution is 6.15. The number of para-hydroxylation sites is 1. The second kappa shape index (κ2) is 11.6. The maximum atomic E-state index is 14.7. The third-order valence-corrected chi connectivity index (χ3v) is 12.7. The Labute approximate surface area is 315 Å². The Bertz CT molecular complexity index is 2780. The molecule has 5 atom stereocenters. The highest BCUT2D eigenvalue weighted by Gasteiger charge is 2.43. The van der Waals surface area contributed by atoms with Gasteiger partial charge in [-0.15, -0.1) is 0 Å². The van der Waals surface area contributed by atoms with E-state index in [0.29, 0.717) is 5.56 Å². The van der Waals surface area contributed by atoms with Crippen molar-refractivity contribution < 1.29 is 9.90 Å². The van der Waals surface area contributed by atoms with E-state index < -0.39 is 6.10 Å². The van der Waals surface area contributed by atoms with Crippen LogP contribution < -0.4 is 9.80 Å². The lowest BCUT2D eigenvalue weighted by Gasteiger charge is -2.44. The molecule has 5 aliphatic rings. The number of likely N-dealkylation sites (N-methyl/N-ethyl adjacent to an activating group) is 1. The molecule has 1 N–H and O–H groups in total. The topological polar surface area (TPSA) is 43.8 Å². The summed E-state index contributed by atoms with van der Waals surface area (Å²) in [6, 6.07) is 38.3. The lowest BCUT2D eigenvalue weighted by atomic mass is 9.70. The summed E-state index contributed by atoms with van der Waals surface area (Å²) >= 11 is 0. The molecule has 0 aromatic heterocycles. The minimum absolute atomic E-state index is 0.110. The molecular formula is C50H38N2O2. The molecule has 0 amide bonds. The van der Waals surface area contributed by atoms with Gasteiger partial charge in [0.15, 0.2) is 5.78 Å². The number of rotatable bonds is 2. The fourth-order valence-electron chi connectivity index (χ4n) is 10.2. The van der Waals surface area contributed by atoms with Crippen LogP contribution in [0.1, 0.15) is 55.8 Å². The molecule has 0 bridgehead atoms. The number of allylic oxidation sites excluding steroid dienone is 7. The summed E-state index contributed by atoms with van der Waals surface area (Å²) < 4.78 is 0. The predicted molar refractivity (Wildman–Crippen MR) is 222 cm³/mol. The zero-order valence-corrected chi connectivity index (χ0v) is 30.1. The molecule has 11 rings (SSSR count). The summed E-state index contributed by atoms with van der Waals surface area (Å²) in [5.41, 5.74) is 12.3. The van der Waals surface area contributed by atoms with Gasteiger partial charge in [0.25, 0.3) is 0 Å². The molecule has 6 aromatic carbocycles. The molecule has 0 radical (unpaired) electrons. The normalized spacial score (nSPS) is 23.2. The first kappa shape index (κ1) is 31.3. The summed E-state index contributed by atoms with van der Waals surface area (Å²) in [5, 5.41) is 17.1. The summed E-state index contributed by atoms with van der Waals surface area (Å²) in [7, 11) is 4.18. The van der Waals surface area contributed by atoms with Gasteiger partial charge in [0.1, 0.15) is 6.10 Å². The quantitative estimate of drug-likeness (QED) is 0.183. The number of hydrogen-bond donors (Lipinski definition) is 1. The summed E-state index contributed by atoms with van der Waals surface area (Å²) in [6.45, 7) is 0. The van der Waals surface area contributed by atoms with Crippen molar-refractivity contribution in [3.8, 4) is 0 Å². The first-order valence-corrected chi connectivity index (χ1v) is 18.9. The second-order valence-corrected chi connectivity index (χ2v) is 15.3. The molecule has 0 saturated heterocycles. The van der Waals surface area contributed by atoms with Gasteiger partial charge in [-0.05, 0) is 67.6 Å². The molecule has 2 heterocycles. The zero-order chi connectivity index (χ0) is 36.2. The Morgan fingerprint density at radius 2 is 1.30 bits per heavy atom. The summed E-state index contributed by atoms with van der Waals surface area (Å²) in [6.07, 6.45) is 16.7. The van der Waals surface area contributed by atoms with Gasteiger partial charge < -0.3 is 14.9 Å². The van der Waals surface area contributed by atoms with Gasteiger partial charge >= 0.3 is 0 Å². The van der Waals surface area contributed by atoms with Crippen molar-refractivity contribution in [2.75, 3.05) is 23.9 Å². The van der Waals surface area contributed by atoms with Crippen LogP contribution in [-0.4, -0.2) is 31.0 Å². The maximum absolute atomic E-state index is 14.7. The number of Topliss-reactive ketones (excluding diaryl/α,β-unsaturated/α-hetero) is 1. The van der Waals surface area contributed by atoms with E-state index in [1.807, 2.05) is 6.07 Å². The number of aliphatic hydroxyl groups excluding tert-OH is 1. The van der Waals surface area contributed by atoms with E-state index in [-0.39, 0.29) is 29.6 Å². The Kier molecular flexibility index (Phi) is 6.75. The van der Waals surface area contributed by atoms with Gasteiger partial charge in [-0.3, -0.25) is 4.79 Å². The van der Waals surface area contributed by atoms with Crippen LogP contribution in [0.2, 0.25) is 0 Å². The van der Waals surface area contributed by atoms with Gasteiger partial charge in [-0.2, -0.15) is 0 Å². The third kappa shape index (κ3) is 4.32. The van der Waals surface area contributed by atoms with Crippen LogP contribution in [0.4, 0.5) is 17.1 Å². The molecule has 0 saturated carbocycles. The molecule has 0 spiro atoms. The summed E-state index contributed by atoms with van der Waals surface area (Å²) in [5.74, 6) is 0.192. The molecule has 0 fully saturated rings. The lowest BCUT2D eigenvalue weighted by Crippen LogP contribution is -2.47. The van der Waals surface area contributed by atoms with Gasteiger partial charge in [0.2, 0.25) is 0 Å². The monoisotopic (exact) mass is 698 g/mol. The third-order valence-electron chi connectivity index (χ3n) is 12.7. The van der Waals surface area contributed by atoms with Gasteiger partial charge in [0, 0.05) is 59.6 Å². The van der Waals surface area contributed by atoms with Crippen LogP contribution in [0.5, 0.6) is 0 Å². The van der Waals surface area contributed by atoms with Crippen LogP contribution in [0.25, 0.3) is 38.8 Å². The fourth-order valence-corrected chi connectivity index (χ4v) is 10.2. The van der Waals surface area contributed by atoms with Gasteiger partial charge in [-0.1, -0.05) is 140 Å². The zero-order valence-electron chi connectivity index (χ0n) is 30.1. The van der Waals surface area contributed by atoms with Crippen molar-refractivity contribution in [1.29, 1.82) is 0 Å². The number of benzene rings is 6. The van der Waals surface area contributed by atoms with Crippen molar-refractivity contribution in [3.63, 3.8) is 0 Å². The number of carbonyl (C=O) groups is 1. The van der Waals surface area contributed by atoms with E-state index in [4.69, 9.17) is 0 Å². The van der Waals surface area contributed by atoms with Crippen LogP contribution in [0.15, 0.2) is 152 Å². The van der Waals surface area contributed by atoms with Crippen molar-refractivity contribution in [2.24, 2.45) is 11.8 Å². The maximum Gasteiger partial charge on any atom is 0.174 e. The van der Waals surface area contributed by atoms with Crippen molar-refractivity contribution >= 4 is 61.6 Å². The molecule has 3 aliphatic carbocycles. The van der Waals surface area contributed by atoms with Crippen LogP contribution in [0.3, 0.4) is 0 Å². The number of nitrogens with zero attached hydrogens (tertiary/aromatic N) is 2. The lowest BCUT2D eigenvalue weighted by molar-refractivity contribution is 0.0931. The van der Waals surface area contributed by atoms with Crippen LogP contribution in [-0.2, 0) is 0 Å². The highest BCUT2D eigenvalue weighted by Crippen LogP contribution is 2.54. The predicted octanol–water partition coefficient (Wildman–Crippen LogP) is 10.8. The standard InChI is InChI=1S/C50H38N2O2/c1-51-45-27-44-46(52(2)48-38(22-12-24-40(48)50(44)54)42-26-30-14-4-6-16-32(30)34-18-8-10-20-36(34)42)28-43(45)49(53)39-23-11-21-37(47(39)51)41-25-29-13-3-5-15-31(29)33-17-7-9-19-35(33)41/h3-28,33,35,40,48-49,53H,1-2H3. The number of aliphatic hydroxyl groups is 1. The Balaban J connectivity index is 1.03. The number of hydrogen-bond acceptors (Lipinski definition) is 4. The van der Waals surface area contributed by atoms with Crippen molar-refractivity contribution in [2.45, 2.75) is 18.1 Å². The van der Waals surface area contributed by atoms with Crippen LogP contribution >= 0.6 is 0 Å². The average Bonchev–Trinajstić information content (AvgIpc) is 3.23. The molecule has 5 unspecified atom stereocenters. The minimum atomic E-state index is -0.850. The van der Waals surface area contributed by atoms with Gasteiger partial charge in [0.05, 0.1) is 17.6 Å². The van der Waals surface area contributed by atoms with E-state index in [1.54, 1.807) is 0 Å². The molecule has 54 heavy (non-hydrogen) atoms. The van der Waals surface area contributed by atoms with E-state index in [9.17, 15) is 9.90 Å². The van der Waals surface area contributed by atoms with E-state index in [2.05, 4.69) is 176 Å². The molecule has 260 valence electrons.